The zero-order valence-corrected chi connectivity index (χ0v) is 10.9. The van der Waals surface area contributed by atoms with Crippen molar-refractivity contribution in [3.63, 3.8) is 0 Å². The molecule has 0 heterocycles. The molecule has 0 bridgehead atoms. The second-order valence-electron chi connectivity index (χ2n) is 4.81. The molecule has 1 aromatic rings. The van der Waals surface area contributed by atoms with Gasteiger partial charge in [0, 0.05) is 19.4 Å². The molecule has 19 heavy (non-hydrogen) atoms. The van der Waals surface area contributed by atoms with E-state index >= 15 is 0 Å². The minimum absolute atomic E-state index is 0.0557. The van der Waals surface area contributed by atoms with E-state index in [4.69, 9.17) is 4.74 Å². The van der Waals surface area contributed by atoms with Crippen LogP contribution in [-0.4, -0.2) is 24.4 Å². The van der Waals surface area contributed by atoms with Crippen molar-refractivity contribution in [1.29, 1.82) is 0 Å². The molecule has 0 spiro atoms. The SMILES string of the molecule is O=C1CCC(OCC(=O)NCc2ccccc2)CC1. The number of ether oxygens (including phenoxy) is 1. The van der Waals surface area contributed by atoms with Crippen molar-refractivity contribution in [2.45, 2.75) is 38.3 Å². The Labute approximate surface area is 113 Å². The number of carbonyl (C=O) groups excluding carboxylic acids is 2. The van der Waals surface area contributed by atoms with Gasteiger partial charge in [-0.1, -0.05) is 30.3 Å². The molecule has 0 atom stereocenters. The summed E-state index contributed by atoms with van der Waals surface area (Å²) >= 11 is 0. The van der Waals surface area contributed by atoms with Gasteiger partial charge in [0.25, 0.3) is 0 Å². The van der Waals surface area contributed by atoms with Crippen LogP contribution in [0.25, 0.3) is 0 Å². The van der Waals surface area contributed by atoms with E-state index < -0.39 is 0 Å². The van der Waals surface area contributed by atoms with E-state index in [9.17, 15) is 9.59 Å². The summed E-state index contributed by atoms with van der Waals surface area (Å²) < 4.78 is 5.52. The number of hydrogen-bond donors (Lipinski definition) is 1. The third-order valence-corrected chi connectivity index (χ3v) is 3.27. The van der Waals surface area contributed by atoms with Crippen LogP contribution in [-0.2, 0) is 20.9 Å². The first-order valence-corrected chi connectivity index (χ1v) is 6.68. The lowest BCUT2D eigenvalue weighted by Crippen LogP contribution is -2.31. The second-order valence-corrected chi connectivity index (χ2v) is 4.81. The molecule has 0 aliphatic heterocycles. The van der Waals surface area contributed by atoms with Crippen LogP contribution in [0.5, 0.6) is 0 Å². The molecule has 4 heteroatoms. The fourth-order valence-electron chi connectivity index (χ4n) is 2.12. The normalized spacial score (nSPS) is 16.3. The lowest BCUT2D eigenvalue weighted by molar-refractivity contribution is -0.130. The number of carbonyl (C=O) groups is 2. The topological polar surface area (TPSA) is 55.4 Å². The van der Waals surface area contributed by atoms with Crippen LogP contribution in [0.15, 0.2) is 30.3 Å². The highest BCUT2D eigenvalue weighted by atomic mass is 16.5. The zero-order chi connectivity index (χ0) is 13.5. The molecule has 4 nitrogen and oxygen atoms in total. The number of rotatable bonds is 5. The highest BCUT2D eigenvalue weighted by Gasteiger charge is 2.19. The summed E-state index contributed by atoms with van der Waals surface area (Å²) in [5.41, 5.74) is 1.07. The predicted molar refractivity (Wildman–Crippen MR) is 71.5 cm³/mol. The van der Waals surface area contributed by atoms with Gasteiger partial charge in [0.05, 0.1) is 6.10 Å². The highest BCUT2D eigenvalue weighted by molar-refractivity contribution is 5.79. The van der Waals surface area contributed by atoms with E-state index in [0.29, 0.717) is 25.2 Å². The van der Waals surface area contributed by atoms with Crippen molar-refractivity contribution in [3.8, 4) is 0 Å². The molecule has 0 saturated heterocycles. The fourth-order valence-corrected chi connectivity index (χ4v) is 2.12. The van der Waals surface area contributed by atoms with Crippen molar-refractivity contribution in [2.75, 3.05) is 6.61 Å². The first-order valence-electron chi connectivity index (χ1n) is 6.68. The zero-order valence-electron chi connectivity index (χ0n) is 10.9. The van der Waals surface area contributed by atoms with Gasteiger partial charge >= 0.3 is 0 Å². The summed E-state index contributed by atoms with van der Waals surface area (Å²) in [6.45, 7) is 0.595. The molecule has 1 N–H and O–H groups in total. The van der Waals surface area contributed by atoms with E-state index in [-0.39, 0.29) is 18.6 Å². The van der Waals surface area contributed by atoms with Gasteiger partial charge in [0.1, 0.15) is 12.4 Å². The predicted octanol–water partition coefficient (Wildman–Crippen LogP) is 1.83. The van der Waals surface area contributed by atoms with Crippen molar-refractivity contribution in [2.24, 2.45) is 0 Å². The maximum Gasteiger partial charge on any atom is 0.246 e. The lowest BCUT2D eigenvalue weighted by atomic mass is 9.96. The molecule has 1 aliphatic carbocycles. The molecule has 2 rings (SSSR count). The maximum atomic E-state index is 11.6. The standard InChI is InChI=1S/C15H19NO3/c17-13-6-8-14(9-7-13)19-11-15(18)16-10-12-4-2-1-3-5-12/h1-5,14H,6-11H2,(H,16,18). The molecule has 0 aromatic heterocycles. The van der Waals surface area contributed by atoms with E-state index in [1.807, 2.05) is 30.3 Å². The molecule has 1 aromatic carbocycles. The van der Waals surface area contributed by atoms with E-state index in [0.717, 1.165) is 18.4 Å². The van der Waals surface area contributed by atoms with Crippen LogP contribution in [0, 0.1) is 0 Å². The summed E-state index contributed by atoms with van der Waals surface area (Å²) in [5, 5.41) is 2.82. The number of hydrogen-bond acceptors (Lipinski definition) is 3. The molecule has 1 saturated carbocycles. The van der Waals surface area contributed by atoms with Crippen molar-refractivity contribution >= 4 is 11.7 Å². The molecule has 1 amide bonds. The Kier molecular flexibility index (Phi) is 5.10. The third-order valence-electron chi connectivity index (χ3n) is 3.27. The van der Waals surface area contributed by atoms with Gasteiger partial charge in [-0.3, -0.25) is 9.59 Å². The van der Waals surface area contributed by atoms with E-state index in [1.54, 1.807) is 0 Å². The van der Waals surface area contributed by atoms with Crippen LogP contribution in [0.2, 0.25) is 0 Å². The summed E-state index contributed by atoms with van der Waals surface area (Å²) in [6, 6.07) is 9.76. The van der Waals surface area contributed by atoms with Crippen molar-refractivity contribution in [1.82, 2.24) is 5.32 Å². The Morgan fingerprint density at radius 3 is 2.58 bits per heavy atom. The molecular weight excluding hydrogens is 242 g/mol. The summed E-state index contributed by atoms with van der Waals surface area (Å²) in [7, 11) is 0. The third kappa shape index (κ3) is 4.83. The summed E-state index contributed by atoms with van der Waals surface area (Å²) in [4.78, 5) is 22.7. The Morgan fingerprint density at radius 2 is 1.89 bits per heavy atom. The average Bonchev–Trinajstić information content (AvgIpc) is 2.45. The van der Waals surface area contributed by atoms with Gasteiger partial charge in [-0.05, 0) is 18.4 Å². The second kappa shape index (κ2) is 7.04. The quantitative estimate of drug-likeness (QED) is 0.879. The highest BCUT2D eigenvalue weighted by Crippen LogP contribution is 2.17. The van der Waals surface area contributed by atoms with Gasteiger partial charge in [-0.15, -0.1) is 0 Å². The number of ketones is 1. The Balaban J connectivity index is 1.63. The maximum absolute atomic E-state index is 11.6. The van der Waals surface area contributed by atoms with Gasteiger partial charge in [-0.25, -0.2) is 0 Å². The number of nitrogens with one attached hydrogen (secondary N) is 1. The number of amides is 1. The first-order chi connectivity index (χ1) is 9.24. The number of Topliss-reactive ketones (excluding diaryl/α,β-unsaturated/α-hetero) is 1. The van der Waals surface area contributed by atoms with Gasteiger partial charge < -0.3 is 10.1 Å². The van der Waals surface area contributed by atoms with Crippen molar-refractivity contribution in [3.05, 3.63) is 35.9 Å². The Morgan fingerprint density at radius 1 is 1.21 bits per heavy atom. The fraction of sp³-hybridized carbons (Fsp3) is 0.467. The largest absolute Gasteiger partial charge is 0.368 e. The molecule has 0 radical (unpaired) electrons. The molecule has 1 fully saturated rings. The van der Waals surface area contributed by atoms with Crippen molar-refractivity contribution < 1.29 is 14.3 Å². The summed E-state index contributed by atoms with van der Waals surface area (Å²) in [6.07, 6.45) is 2.70. The van der Waals surface area contributed by atoms with Gasteiger partial charge in [0.2, 0.25) is 5.91 Å². The van der Waals surface area contributed by atoms with E-state index in [1.165, 1.54) is 0 Å². The first kappa shape index (κ1) is 13.7. The number of benzene rings is 1. The van der Waals surface area contributed by atoms with Gasteiger partial charge in [0.15, 0.2) is 0 Å². The minimum atomic E-state index is -0.110. The lowest BCUT2D eigenvalue weighted by Gasteiger charge is -2.21. The van der Waals surface area contributed by atoms with Gasteiger partial charge in [-0.2, -0.15) is 0 Å². The smallest absolute Gasteiger partial charge is 0.246 e. The molecular formula is C15H19NO3. The Bertz CT molecular complexity index is 420. The van der Waals surface area contributed by atoms with Crippen LogP contribution in [0.3, 0.4) is 0 Å². The van der Waals surface area contributed by atoms with E-state index in [2.05, 4.69) is 5.32 Å². The monoisotopic (exact) mass is 261 g/mol. The average molecular weight is 261 g/mol. The molecule has 1 aliphatic rings. The van der Waals surface area contributed by atoms with Crippen LogP contribution < -0.4 is 5.32 Å². The minimum Gasteiger partial charge on any atom is -0.368 e. The van der Waals surface area contributed by atoms with Crippen LogP contribution in [0.4, 0.5) is 0 Å². The summed E-state index contributed by atoms with van der Waals surface area (Å²) in [5.74, 6) is 0.189. The van der Waals surface area contributed by atoms with Crippen LogP contribution in [0.1, 0.15) is 31.2 Å². The molecule has 102 valence electrons. The van der Waals surface area contributed by atoms with Crippen LogP contribution >= 0.6 is 0 Å². The Hall–Kier alpha value is -1.68. The molecule has 0 unspecified atom stereocenters.